The lowest BCUT2D eigenvalue weighted by atomic mass is 10.0. The van der Waals surface area contributed by atoms with Crippen molar-refractivity contribution < 1.29 is 26.7 Å². The van der Waals surface area contributed by atoms with Crippen molar-refractivity contribution in [3.05, 3.63) is 131 Å². The topological polar surface area (TPSA) is 88.0 Å². The van der Waals surface area contributed by atoms with E-state index in [2.05, 4.69) is 134 Å². The highest BCUT2D eigenvalue weighted by atomic mass is 32.3. The lowest BCUT2D eigenvalue weighted by molar-refractivity contribution is -0.701. The molecule has 0 unspecified atom stereocenters. The van der Waals surface area contributed by atoms with Gasteiger partial charge in [0.25, 0.3) is 0 Å². The Labute approximate surface area is 234 Å². The minimum Gasteiger partial charge on any atom is -0.759 e. The summed E-state index contributed by atoms with van der Waals surface area (Å²) in [6, 6.07) is 30.2. The van der Waals surface area contributed by atoms with Crippen LogP contribution >= 0.6 is 0 Å². The molecule has 0 spiro atoms. The van der Waals surface area contributed by atoms with Crippen LogP contribution in [0, 0.1) is 0 Å². The second-order valence-corrected chi connectivity index (χ2v) is 9.79. The predicted octanol–water partition coefficient (Wildman–Crippen LogP) is 4.96. The minimum absolute atomic E-state index is 1.03. The summed E-state index contributed by atoms with van der Waals surface area (Å²) in [7, 11) is -5.17. The first-order valence-electron chi connectivity index (χ1n) is 13.4. The Morgan fingerprint density at radius 3 is 1.18 bits per heavy atom. The van der Waals surface area contributed by atoms with E-state index in [0.29, 0.717) is 0 Å². The van der Waals surface area contributed by atoms with Gasteiger partial charge in [-0.05, 0) is 49.9 Å². The van der Waals surface area contributed by atoms with E-state index >= 15 is 0 Å². The van der Waals surface area contributed by atoms with E-state index in [1.54, 1.807) is 0 Å². The first-order chi connectivity index (χ1) is 18.7. The van der Waals surface area contributed by atoms with Crippen LogP contribution in [-0.4, -0.2) is 17.5 Å². The number of rotatable bonds is 8. The molecular formula is C32H40N2O4S. The Bertz CT molecular complexity index is 1230. The summed E-state index contributed by atoms with van der Waals surface area (Å²) in [5.74, 6) is 0. The van der Waals surface area contributed by atoms with Gasteiger partial charge < -0.3 is 9.11 Å². The molecule has 0 aliphatic heterocycles. The third-order valence-electron chi connectivity index (χ3n) is 6.43. The fourth-order valence-electron chi connectivity index (χ4n) is 4.51. The second-order valence-electron chi connectivity index (χ2n) is 8.97. The Kier molecular flexibility index (Phi) is 13.5. The SMILES string of the molecule is CCc1ccc[n+](CC)c1Cc1ccccc1.CCc1ccc[n+](CC)c1Cc1ccccc1.O=S(=O)([O-])[O-]. The highest BCUT2D eigenvalue weighted by Gasteiger charge is 2.14. The van der Waals surface area contributed by atoms with E-state index in [1.165, 1.54) is 33.6 Å². The zero-order valence-electron chi connectivity index (χ0n) is 23.4. The lowest BCUT2D eigenvalue weighted by Crippen LogP contribution is -2.38. The molecule has 6 nitrogen and oxygen atoms in total. The molecule has 0 fully saturated rings. The van der Waals surface area contributed by atoms with Gasteiger partial charge in [-0.25, -0.2) is 9.13 Å². The number of aromatic nitrogens is 2. The van der Waals surface area contributed by atoms with Crippen LogP contribution in [0.25, 0.3) is 0 Å². The predicted molar refractivity (Wildman–Crippen MR) is 152 cm³/mol. The van der Waals surface area contributed by atoms with E-state index in [0.717, 1.165) is 38.8 Å². The van der Waals surface area contributed by atoms with Crippen LogP contribution in [0.2, 0.25) is 0 Å². The molecule has 39 heavy (non-hydrogen) atoms. The van der Waals surface area contributed by atoms with E-state index in [9.17, 15) is 0 Å². The van der Waals surface area contributed by atoms with Crippen molar-refractivity contribution >= 4 is 10.4 Å². The van der Waals surface area contributed by atoms with Gasteiger partial charge in [0.1, 0.15) is 13.1 Å². The molecule has 2 aromatic heterocycles. The van der Waals surface area contributed by atoms with Crippen LogP contribution in [0.3, 0.4) is 0 Å². The standard InChI is InChI=1S/2C16H20N.H2O4S/c2*1-3-15-11-8-12-17(4-2)16(15)13-14-9-6-5-7-10-14;1-5(2,3)4/h2*5-12H,3-4,13H2,1-2H3;(H2,1,2,3,4)/q2*+1;/p-2. The fourth-order valence-corrected chi connectivity index (χ4v) is 4.51. The summed E-state index contributed by atoms with van der Waals surface area (Å²) < 4.78 is 38.8. The first kappa shape index (κ1) is 31.8. The maximum atomic E-state index is 8.52. The van der Waals surface area contributed by atoms with Crippen molar-refractivity contribution in [3.8, 4) is 0 Å². The van der Waals surface area contributed by atoms with E-state index in [4.69, 9.17) is 17.5 Å². The third kappa shape index (κ3) is 11.5. The summed E-state index contributed by atoms with van der Waals surface area (Å²) in [4.78, 5) is 0. The van der Waals surface area contributed by atoms with Crippen LogP contribution in [0.5, 0.6) is 0 Å². The van der Waals surface area contributed by atoms with Crippen LogP contribution in [0.4, 0.5) is 0 Å². The molecular weight excluding hydrogens is 508 g/mol. The van der Waals surface area contributed by atoms with Gasteiger partial charge in [0.15, 0.2) is 23.8 Å². The number of aryl methyl sites for hydroxylation is 4. The fraction of sp³-hybridized carbons (Fsp3) is 0.312. The molecule has 0 saturated carbocycles. The number of hydrogen-bond acceptors (Lipinski definition) is 4. The Balaban J connectivity index is 0.000000234. The van der Waals surface area contributed by atoms with Gasteiger partial charge >= 0.3 is 0 Å². The summed E-state index contributed by atoms with van der Waals surface area (Å²) in [6.45, 7) is 10.9. The molecule has 0 radical (unpaired) electrons. The van der Waals surface area contributed by atoms with E-state index in [1.807, 2.05) is 0 Å². The molecule has 0 amide bonds. The molecule has 4 rings (SSSR count). The Hall–Kier alpha value is -3.39. The number of nitrogens with zero attached hydrogens (tertiary/aromatic N) is 2. The Morgan fingerprint density at radius 1 is 0.564 bits per heavy atom. The van der Waals surface area contributed by atoms with Gasteiger partial charge in [-0.2, -0.15) is 0 Å². The maximum Gasteiger partial charge on any atom is 0.188 e. The minimum atomic E-state index is -5.17. The van der Waals surface area contributed by atoms with Gasteiger partial charge in [0.05, 0.1) is 12.8 Å². The molecule has 0 aliphatic rings. The molecule has 0 N–H and O–H groups in total. The molecule has 0 bridgehead atoms. The maximum absolute atomic E-state index is 8.52. The highest BCUT2D eigenvalue weighted by molar-refractivity contribution is 7.79. The van der Waals surface area contributed by atoms with Crippen LogP contribution in [0.1, 0.15) is 61.3 Å². The first-order valence-corrected chi connectivity index (χ1v) is 14.8. The monoisotopic (exact) mass is 548 g/mol. The van der Waals surface area contributed by atoms with Crippen molar-refractivity contribution in [1.29, 1.82) is 0 Å². The molecule has 7 heteroatoms. The van der Waals surface area contributed by atoms with Crippen molar-refractivity contribution in [2.75, 3.05) is 0 Å². The molecule has 0 atom stereocenters. The molecule has 2 heterocycles. The van der Waals surface area contributed by atoms with Gasteiger partial charge in [-0.15, -0.1) is 0 Å². The summed E-state index contributed by atoms with van der Waals surface area (Å²) in [6.07, 6.45) is 8.61. The number of hydrogen-bond donors (Lipinski definition) is 0. The quantitative estimate of drug-likeness (QED) is 0.177. The zero-order valence-corrected chi connectivity index (χ0v) is 24.2. The lowest BCUT2D eigenvalue weighted by Gasteiger charge is -2.07. The van der Waals surface area contributed by atoms with Gasteiger partial charge in [0, 0.05) is 33.7 Å². The van der Waals surface area contributed by atoms with Gasteiger partial charge in [-0.3, -0.25) is 8.42 Å². The van der Waals surface area contributed by atoms with Crippen molar-refractivity contribution in [1.82, 2.24) is 0 Å². The average Bonchev–Trinajstić information content (AvgIpc) is 2.94. The molecule has 0 saturated heterocycles. The Morgan fingerprint density at radius 2 is 0.897 bits per heavy atom. The average molecular weight is 549 g/mol. The summed E-state index contributed by atoms with van der Waals surface area (Å²) in [5, 5.41) is 0. The normalized spacial score (nSPS) is 10.6. The third-order valence-corrected chi connectivity index (χ3v) is 6.43. The number of pyridine rings is 2. The number of benzene rings is 2. The molecule has 0 aliphatic carbocycles. The van der Waals surface area contributed by atoms with E-state index < -0.39 is 10.4 Å². The highest BCUT2D eigenvalue weighted by Crippen LogP contribution is 2.12. The van der Waals surface area contributed by atoms with Crippen molar-refractivity contribution in [2.24, 2.45) is 0 Å². The summed E-state index contributed by atoms with van der Waals surface area (Å²) in [5.41, 5.74) is 8.58. The van der Waals surface area contributed by atoms with E-state index in [-0.39, 0.29) is 0 Å². The van der Waals surface area contributed by atoms with Gasteiger partial charge in [0.2, 0.25) is 0 Å². The molecule has 208 valence electrons. The largest absolute Gasteiger partial charge is 0.759 e. The molecule has 2 aromatic carbocycles. The van der Waals surface area contributed by atoms with Crippen LogP contribution in [0.15, 0.2) is 97.3 Å². The molecule has 4 aromatic rings. The summed E-state index contributed by atoms with van der Waals surface area (Å²) >= 11 is 0. The smallest absolute Gasteiger partial charge is 0.188 e. The van der Waals surface area contributed by atoms with Gasteiger partial charge in [-0.1, -0.05) is 74.5 Å². The zero-order chi connectivity index (χ0) is 28.7. The van der Waals surface area contributed by atoms with Crippen molar-refractivity contribution in [3.63, 3.8) is 0 Å². The van der Waals surface area contributed by atoms with Crippen molar-refractivity contribution in [2.45, 2.75) is 66.5 Å². The van der Waals surface area contributed by atoms with Crippen LogP contribution in [-0.2, 0) is 49.2 Å². The van der Waals surface area contributed by atoms with Crippen LogP contribution < -0.4 is 9.13 Å². The second kappa shape index (κ2) is 16.5.